The Bertz CT molecular complexity index is 444. The molecule has 0 radical (unpaired) electrons. The highest BCUT2D eigenvalue weighted by atomic mass is 16.6. The second kappa shape index (κ2) is 13.1. The molecule has 0 bridgehead atoms. The van der Waals surface area contributed by atoms with Crippen LogP contribution in [0.3, 0.4) is 0 Å². The number of hydrogen-bond acceptors (Lipinski definition) is 2. The van der Waals surface area contributed by atoms with Crippen LogP contribution in [0.1, 0.15) is 104 Å². The van der Waals surface area contributed by atoms with Crippen molar-refractivity contribution in [2.45, 2.75) is 116 Å². The first kappa shape index (κ1) is 23.9. The van der Waals surface area contributed by atoms with Gasteiger partial charge in [0, 0.05) is 6.54 Å². The van der Waals surface area contributed by atoms with Crippen molar-refractivity contribution < 1.29 is 4.74 Å². The lowest BCUT2D eigenvalue weighted by atomic mass is 9.83. The van der Waals surface area contributed by atoms with Gasteiger partial charge >= 0.3 is 0 Å². The molecule has 2 heteroatoms. The molecule has 1 aliphatic heterocycles. The van der Waals surface area contributed by atoms with Gasteiger partial charge in [0.2, 0.25) is 0 Å². The van der Waals surface area contributed by atoms with Crippen LogP contribution in [0.5, 0.6) is 0 Å². The maximum atomic E-state index is 5.92. The molecule has 0 saturated carbocycles. The van der Waals surface area contributed by atoms with Crippen molar-refractivity contribution in [1.82, 2.24) is 4.90 Å². The van der Waals surface area contributed by atoms with Crippen LogP contribution >= 0.6 is 0 Å². The maximum absolute atomic E-state index is 5.92. The van der Waals surface area contributed by atoms with Crippen molar-refractivity contribution in [3.8, 4) is 0 Å². The number of unbranched alkanes of at least 4 members (excludes halogenated alkanes) is 1. The van der Waals surface area contributed by atoms with Crippen molar-refractivity contribution in [3.63, 3.8) is 0 Å². The average Bonchev–Trinajstić information content (AvgIpc) is 3.45. The summed E-state index contributed by atoms with van der Waals surface area (Å²) in [4.78, 5) is 2.37. The highest BCUT2D eigenvalue weighted by Crippen LogP contribution is 2.38. The van der Waals surface area contributed by atoms with Crippen LogP contribution in [0.25, 0.3) is 0 Å². The summed E-state index contributed by atoms with van der Waals surface area (Å²) in [5.41, 5.74) is 1.77. The van der Waals surface area contributed by atoms with Crippen LogP contribution in [-0.4, -0.2) is 37.7 Å². The van der Waals surface area contributed by atoms with Crippen LogP contribution in [0.4, 0.5) is 0 Å². The summed E-state index contributed by atoms with van der Waals surface area (Å²) in [5, 5.41) is 0. The lowest BCUT2D eigenvalue weighted by Crippen LogP contribution is -2.25. The molecule has 0 aromatic carbocycles. The molecule has 1 aliphatic carbocycles. The second-order valence-corrected chi connectivity index (χ2v) is 10.0. The van der Waals surface area contributed by atoms with Gasteiger partial charge in [-0.3, -0.25) is 0 Å². The third-order valence-corrected chi connectivity index (χ3v) is 7.25. The quantitative estimate of drug-likeness (QED) is 0.272. The zero-order valence-electron chi connectivity index (χ0n) is 19.7. The van der Waals surface area contributed by atoms with Gasteiger partial charge in [-0.1, -0.05) is 58.1 Å². The molecule has 0 N–H and O–H groups in total. The molecule has 2 aliphatic rings. The molecule has 0 aromatic heterocycles. The zero-order valence-corrected chi connectivity index (χ0v) is 19.7. The molecule has 1 heterocycles. The lowest BCUT2D eigenvalue weighted by Gasteiger charge is -2.27. The molecule has 0 amide bonds. The highest BCUT2D eigenvalue weighted by Gasteiger charge is 2.42. The summed E-state index contributed by atoms with van der Waals surface area (Å²) in [6.07, 6.45) is 21.5. The Kier molecular flexibility index (Phi) is 11.2. The Hall–Kier alpha value is -0.340. The van der Waals surface area contributed by atoms with Crippen LogP contribution in [-0.2, 0) is 4.74 Å². The predicted molar refractivity (Wildman–Crippen MR) is 123 cm³/mol. The first-order valence-electron chi connectivity index (χ1n) is 12.5. The second-order valence-electron chi connectivity index (χ2n) is 10.0. The van der Waals surface area contributed by atoms with Crippen molar-refractivity contribution in [2.24, 2.45) is 17.8 Å². The first-order valence-corrected chi connectivity index (χ1v) is 12.5. The van der Waals surface area contributed by atoms with Gasteiger partial charge in [-0.2, -0.15) is 0 Å². The third kappa shape index (κ3) is 8.57. The summed E-state index contributed by atoms with van der Waals surface area (Å²) in [6.45, 7) is 8.32. The molecule has 5 atom stereocenters. The normalized spacial score (nSPS) is 28.6. The minimum Gasteiger partial charge on any atom is -0.369 e. The van der Waals surface area contributed by atoms with Crippen LogP contribution in [0.15, 0.2) is 11.6 Å². The van der Waals surface area contributed by atoms with E-state index >= 15 is 0 Å². The molecule has 2 nitrogen and oxygen atoms in total. The number of hydrogen-bond donors (Lipinski definition) is 0. The molecule has 28 heavy (non-hydrogen) atoms. The standard InChI is InChI=1S/C26H49NO/c1-6-8-15-23(21(3)20-27(4)5)19-18-22-13-9-11-16-24(17-12-10-14-22)26-25(7-2)28-26/h13,21,23-26H,6-12,14-20H2,1-5H3. The lowest BCUT2D eigenvalue weighted by molar-refractivity contribution is 0.237. The molecule has 0 aromatic rings. The van der Waals surface area contributed by atoms with E-state index in [0.29, 0.717) is 12.2 Å². The van der Waals surface area contributed by atoms with Crippen molar-refractivity contribution in [1.29, 1.82) is 0 Å². The molecule has 164 valence electrons. The number of allylic oxidation sites excluding steroid dienone is 2. The van der Waals surface area contributed by atoms with Gasteiger partial charge in [0.25, 0.3) is 0 Å². The van der Waals surface area contributed by atoms with E-state index in [0.717, 1.165) is 17.8 Å². The number of epoxide rings is 1. The highest BCUT2D eigenvalue weighted by molar-refractivity contribution is 5.03. The Morgan fingerprint density at radius 2 is 1.89 bits per heavy atom. The Morgan fingerprint density at radius 3 is 2.57 bits per heavy atom. The van der Waals surface area contributed by atoms with E-state index in [9.17, 15) is 0 Å². The van der Waals surface area contributed by atoms with E-state index in [4.69, 9.17) is 4.74 Å². The molecular weight excluding hydrogens is 342 g/mol. The predicted octanol–water partition coefficient (Wildman–Crippen LogP) is 7.24. The maximum Gasteiger partial charge on any atom is 0.0869 e. The molecule has 1 saturated heterocycles. The van der Waals surface area contributed by atoms with Crippen molar-refractivity contribution in [3.05, 3.63) is 11.6 Å². The van der Waals surface area contributed by atoms with E-state index in [-0.39, 0.29) is 0 Å². The van der Waals surface area contributed by atoms with Gasteiger partial charge in [0.05, 0.1) is 12.2 Å². The first-order chi connectivity index (χ1) is 13.5. The minimum absolute atomic E-state index is 0.586. The fraction of sp³-hybridized carbons (Fsp3) is 0.923. The topological polar surface area (TPSA) is 15.8 Å². The summed E-state index contributed by atoms with van der Waals surface area (Å²) in [6, 6.07) is 0. The van der Waals surface area contributed by atoms with Gasteiger partial charge < -0.3 is 9.64 Å². The van der Waals surface area contributed by atoms with Crippen LogP contribution < -0.4 is 0 Å². The van der Waals surface area contributed by atoms with E-state index in [1.54, 1.807) is 5.57 Å². The smallest absolute Gasteiger partial charge is 0.0869 e. The van der Waals surface area contributed by atoms with Gasteiger partial charge in [0.15, 0.2) is 0 Å². The van der Waals surface area contributed by atoms with Gasteiger partial charge in [0.1, 0.15) is 0 Å². The summed E-state index contributed by atoms with van der Waals surface area (Å²) >= 11 is 0. The van der Waals surface area contributed by atoms with E-state index < -0.39 is 0 Å². The Balaban J connectivity index is 1.80. The summed E-state index contributed by atoms with van der Waals surface area (Å²) in [5.74, 6) is 2.54. The minimum atomic E-state index is 0.586. The molecule has 0 spiro atoms. The summed E-state index contributed by atoms with van der Waals surface area (Å²) < 4.78 is 5.92. The van der Waals surface area contributed by atoms with E-state index in [1.165, 1.54) is 90.0 Å². The number of rotatable bonds is 11. The number of ether oxygens (including phenoxy) is 1. The fourth-order valence-electron chi connectivity index (χ4n) is 5.42. The monoisotopic (exact) mass is 391 g/mol. The largest absolute Gasteiger partial charge is 0.369 e. The summed E-state index contributed by atoms with van der Waals surface area (Å²) in [7, 11) is 4.44. The zero-order chi connectivity index (χ0) is 20.4. The fourth-order valence-corrected chi connectivity index (χ4v) is 5.42. The van der Waals surface area contributed by atoms with Crippen LogP contribution in [0.2, 0.25) is 0 Å². The Labute approximate surface area is 176 Å². The van der Waals surface area contributed by atoms with E-state index in [2.05, 4.69) is 45.8 Å². The van der Waals surface area contributed by atoms with Gasteiger partial charge in [-0.05, 0) is 89.6 Å². The SMILES string of the molecule is CCCCC(CCC1=CCCCC(C2OC2CC)CCCC1)C(C)CN(C)C. The van der Waals surface area contributed by atoms with E-state index in [1.807, 2.05) is 0 Å². The molecule has 2 rings (SSSR count). The van der Waals surface area contributed by atoms with Gasteiger partial charge in [-0.15, -0.1) is 0 Å². The molecular formula is C26H49NO. The third-order valence-electron chi connectivity index (χ3n) is 7.25. The van der Waals surface area contributed by atoms with Gasteiger partial charge in [-0.25, -0.2) is 0 Å². The number of nitrogens with zero attached hydrogens (tertiary/aromatic N) is 1. The molecule has 1 fully saturated rings. The van der Waals surface area contributed by atoms with Crippen molar-refractivity contribution in [2.75, 3.05) is 20.6 Å². The van der Waals surface area contributed by atoms with Crippen molar-refractivity contribution >= 4 is 0 Å². The average molecular weight is 392 g/mol. The van der Waals surface area contributed by atoms with Crippen LogP contribution in [0, 0.1) is 17.8 Å². The molecule has 5 unspecified atom stereocenters. The Morgan fingerprint density at radius 1 is 1.11 bits per heavy atom.